The molecule has 3 aliphatic rings. The van der Waals surface area contributed by atoms with Crippen molar-refractivity contribution in [3.8, 4) is 11.8 Å². The normalized spacial score (nSPS) is 22.0. The Morgan fingerprint density at radius 3 is 2.28 bits per heavy atom. The molecule has 0 bridgehead atoms. The molecule has 2 fully saturated rings. The fourth-order valence-electron chi connectivity index (χ4n) is 7.78. The van der Waals surface area contributed by atoms with Crippen LogP contribution in [0.2, 0.25) is 0 Å². The smallest absolute Gasteiger partial charge is 0.407 e. The maximum absolute atomic E-state index is 13.8. The summed E-state index contributed by atoms with van der Waals surface area (Å²) in [5.74, 6) is 6.88. The molecule has 5 heterocycles. The SMILES string of the molecule is COC(=O)C[C@H](C(=O)N1C[C@@H](C)C[C@H]1C1=Nc2cc(C#Cc3cc4[nH]c([C@@H]5C[C@H](C)CN5C(=O)[C@@H](NC(=O)OC)C(C)C)nc4s3)ccc2C1)C(C)C. The molecule has 53 heavy (non-hydrogen) atoms. The van der Waals surface area contributed by atoms with Gasteiger partial charge in [0.05, 0.1) is 54.7 Å². The minimum Gasteiger partial charge on any atom is -0.469 e. The molecule has 0 radical (unpaired) electrons. The first-order valence-corrected chi connectivity index (χ1v) is 19.3. The van der Waals surface area contributed by atoms with Gasteiger partial charge >= 0.3 is 12.1 Å². The van der Waals surface area contributed by atoms with Gasteiger partial charge < -0.3 is 29.6 Å². The van der Waals surface area contributed by atoms with Gasteiger partial charge in [-0.2, -0.15) is 0 Å². The third-order valence-corrected chi connectivity index (χ3v) is 11.6. The van der Waals surface area contributed by atoms with Crippen LogP contribution in [0.5, 0.6) is 0 Å². The number of alkyl carbamates (subject to hydrolysis) is 1. The summed E-state index contributed by atoms with van der Waals surface area (Å²) in [7, 11) is 2.65. The topological polar surface area (TPSA) is 146 Å². The van der Waals surface area contributed by atoms with Crippen LogP contribution in [0.25, 0.3) is 10.3 Å². The number of fused-ring (bicyclic) bond motifs is 2. The average molecular weight is 743 g/mol. The number of hydrogen-bond donors (Lipinski definition) is 2. The number of benzene rings is 1. The van der Waals surface area contributed by atoms with Gasteiger partial charge in [0, 0.05) is 30.8 Å². The summed E-state index contributed by atoms with van der Waals surface area (Å²) in [6.07, 6.45) is 1.74. The lowest BCUT2D eigenvalue weighted by Crippen LogP contribution is -2.51. The Balaban J connectivity index is 1.16. The zero-order valence-corrected chi connectivity index (χ0v) is 32.6. The number of nitrogens with one attached hydrogen (secondary N) is 2. The van der Waals surface area contributed by atoms with Crippen molar-refractivity contribution in [1.82, 2.24) is 25.1 Å². The zero-order valence-electron chi connectivity index (χ0n) is 31.8. The number of likely N-dealkylation sites (tertiary alicyclic amines) is 2. The maximum atomic E-state index is 13.8. The monoisotopic (exact) mass is 742 g/mol. The molecule has 0 spiro atoms. The zero-order chi connectivity index (χ0) is 38.1. The molecule has 3 amide bonds. The molecule has 3 aromatic rings. The van der Waals surface area contributed by atoms with E-state index in [9.17, 15) is 19.2 Å². The Bertz CT molecular complexity index is 1960. The highest BCUT2D eigenvalue weighted by Gasteiger charge is 2.42. The lowest BCUT2D eigenvalue weighted by atomic mass is 9.90. The highest BCUT2D eigenvalue weighted by atomic mass is 32.1. The summed E-state index contributed by atoms with van der Waals surface area (Å²) in [6, 6.07) is 7.06. The summed E-state index contributed by atoms with van der Waals surface area (Å²) in [4.78, 5) is 70.4. The van der Waals surface area contributed by atoms with Gasteiger partial charge in [-0.15, -0.1) is 11.3 Å². The minimum absolute atomic E-state index is 0.00456. The highest BCUT2D eigenvalue weighted by Crippen LogP contribution is 2.38. The fourth-order valence-corrected chi connectivity index (χ4v) is 8.63. The van der Waals surface area contributed by atoms with Gasteiger partial charge in [0.1, 0.15) is 16.7 Å². The second kappa shape index (κ2) is 15.7. The van der Waals surface area contributed by atoms with E-state index >= 15 is 0 Å². The van der Waals surface area contributed by atoms with Crippen molar-refractivity contribution in [2.75, 3.05) is 27.3 Å². The first-order valence-electron chi connectivity index (χ1n) is 18.5. The summed E-state index contributed by atoms with van der Waals surface area (Å²) < 4.78 is 9.66. The molecule has 6 rings (SSSR count). The van der Waals surface area contributed by atoms with E-state index in [1.165, 1.54) is 25.6 Å². The van der Waals surface area contributed by atoms with E-state index in [0.29, 0.717) is 25.4 Å². The number of H-pyrrole nitrogens is 1. The van der Waals surface area contributed by atoms with E-state index in [1.54, 1.807) is 0 Å². The number of aromatic amines is 1. The second-order valence-corrected chi connectivity index (χ2v) is 16.5. The lowest BCUT2D eigenvalue weighted by Gasteiger charge is -2.30. The number of imidazole rings is 1. The number of carbonyl (C=O) groups excluding carboxylic acids is 4. The number of hydrogen-bond acceptors (Lipinski definition) is 9. The molecule has 2 saturated heterocycles. The molecular weight excluding hydrogens is 693 g/mol. The van der Waals surface area contributed by atoms with Crippen LogP contribution in [0.3, 0.4) is 0 Å². The standard InChI is InChI=1S/C40H50N6O6S/c1-21(2)28(18-34(47)51-7)38(48)45-19-23(5)13-32(45)30-16-26-11-9-25(15-29(26)41-30)10-12-27-17-31-37(53-27)44-36(42-31)33-14-24(6)20-46(33)39(49)35(22(3)4)43-40(50)52-8/h9,11,15,17,21-24,28,32-33,35H,13-14,16,18-20H2,1-8H3,(H,42,44)(H,43,50)/t23-,24-,28-,32-,33-,35-/m0/s1. The van der Waals surface area contributed by atoms with E-state index in [0.717, 1.165) is 56.4 Å². The fraction of sp³-hybridized carbons (Fsp3) is 0.550. The molecule has 3 aliphatic heterocycles. The number of nitrogens with zero attached hydrogens (tertiary/aromatic N) is 4. The van der Waals surface area contributed by atoms with Crippen LogP contribution >= 0.6 is 11.3 Å². The van der Waals surface area contributed by atoms with Crippen molar-refractivity contribution in [2.45, 2.75) is 85.4 Å². The number of methoxy groups -OCH3 is 2. The number of aromatic nitrogens is 2. The summed E-state index contributed by atoms with van der Waals surface area (Å²) >= 11 is 1.50. The molecule has 282 valence electrons. The molecule has 0 unspecified atom stereocenters. The van der Waals surface area contributed by atoms with Crippen LogP contribution in [0, 0.1) is 41.4 Å². The van der Waals surface area contributed by atoms with Crippen LogP contribution in [0.15, 0.2) is 29.3 Å². The number of rotatable bonds is 9. The molecule has 2 N–H and O–H groups in total. The number of carbonyl (C=O) groups is 4. The Hall–Kier alpha value is -4.70. The van der Waals surface area contributed by atoms with E-state index < -0.39 is 18.1 Å². The quantitative estimate of drug-likeness (QED) is 0.202. The highest BCUT2D eigenvalue weighted by molar-refractivity contribution is 7.19. The van der Waals surface area contributed by atoms with Crippen molar-refractivity contribution >= 4 is 57.0 Å². The number of esters is 1. The Morgan fingerprint density at radius 1 is 0.943 bits per heavy atom. The van der Waals surface area contributed by atoms with Crippen LogP contribution in [0.4, 0.5) is 10.5 Å². The summed E-state index contributed by atoms with van der Waals surface area (Å²) in [6.45, 7) is 13.3. The maximum Gasteiger partial charge on any atom is 0.407 e. The molecule has 1 aromatic carbocycles. The first kappa shape index (κ1) is 38.0. The van der Waals surface area contributed by atoms with Crippen LogP contribution in [-0.2, 0) is 30.3 Å². The van der Waals surface area contributed by atoms with Gasteiger partial charge in [0.15, 0.2) is 0 Å². The van der Waals surface area contributed by atoms with Gasteiger partial charge in [-0.1, -0.05) is 59.4 Å². The van der Waals surface area contributed by atoms with Crippen LogP contribution in [-0.4, -0.2) is 88.7 Å². The Kier molecular flexibility index (Phi) is 11.3. The largest absolute Gasteiger partial charge is 0.469 e. The van der Waals surface area contributed by atoms with Gasteiger partial charge in [-0.3, -0.25) is 19.4 Å². The van der Waals surface area contributed by atoms with Crippen molar-refractivity contribution in [3.05, 3.63) is 46.1 Å². The van der Waals surface area contributed by atoms with Gasteiger partial charge in [0.2, 0.25) is 11.8 Å². The first-order chi connectivity index (χ1) is 25.3. The van der Waals surface area contributed by atoms with E-state index in [4.69, 9.17) is 19.5 Å². The third-order valence-electron chi connectivity index (χ3n) is 10.7. The van der Waals surface area contributed by atoms with Crippen molar-refractivity contribution in [1.29, 1.82) is 0 Å². The molecule has 13 heteroatoms. The van der Waals surface area contributed by atoms with Crippen molar-refractivity contribution < 1.29 is 28.7 Å². The van der Waals surface area contributed by atoms with Crippen molar-refractivity contribution in [2.24, 2.45) is 34.6 Å². The third kappa shape index (κ3) is 8.12. The molecular formula is C40H50N6O6S. The predicted octanol–water partition coefficient (Wildman–Crippen LogP) is 6.02. The predicted molar refractivity (Wildman–Crippen MR) is 204 cm³/mol. The van der Waals surface area contributed by atoms with Crippen LogP contribution < -0.4 is 5.32 Å². The molecule has 0 aliphatic carbocycles. The van der Waals surface area contributed by atoms with E-state index in [1.807, 2.05) is 55.7 Å². The summed E-state index contributed by atoms with van der Waals surface area (Å²) in [5, 5.41) is 2.71. The molecule has 2 aromatic heterocycles. The van der Waals surface area contributed by atoms with Gasteiger partial charge in [0.25, 0.3) is 0 Å². The van der Waals surface area contributed by atoms with E-state index in [-0.39, 0.29) is 54.0 Å². The number of ether oxygens (including phenoxy) is 2. The number of aliphatic imine (C=N–C) groups is 1. The Labute approximate surface area is 315 Å². The molecule has 6 atom stereocenters. The lowest BCUT2D eigenvalue weighted by molar-refractivity contribution is -0.148. The summed E-state index contributed by atoms with van der Waals surface area (Å²) in [5.41, 5.74) is 4.69. The van der Waals surface area contributed by atoms with E-state index in [2.05, 4.69) is 42.1 Å². The van der Waals surface area contributed by atoms with Crippen LogP contribution in [0.1, 0.15) is 88.7 Å². The number of thiophene rings is 1. The minimum atomic E-state index is -0.697. The van der Waals surface area contributed by atoms with Gasteiger partial charge in [-0.25, -0.2) is 9.78 Å². The number of amides is 3. The Morgan fingerprint density at radius 2 is 1.64 bits per heavy atom. The molecule has 0 saturated carbocycles. The average Bonchev–Trinajstić information content (AvgIpc) is 3.95. The van der Waals surface area contributed by atoms with Crippen molar-refractivity contribution in [3.63, 3.8) is 0 Å². The molecule has 12 nitrogen and oxygen atoms in total. The second-order valence-electron chi connectivity index (χ2n) is 15.5. The van der Waals surface area contributed by atoms with Gasteiger partial charge in [-0.05, 0) is 60.3 Å².